The van der Waals surface area contributed by atoms with Crippen LogP contribution in [-0.4, -0.2) is 6.54 Å². The van der Waals surface area contributed by atoms with Crippen molar-refractivity contribution in [3.63, 3.8) is 0 Å². The van der Waals surface area contributed by atoms with Gasteiger partial charge in [-0.3, -0.25) is 0 Å². The molecule has 1 nitrogen and oxygen atoms in total. The maximum absolute atomic E-state index is 5.77. The van der Waals surface area contributed by atoms with Gasteiger partial charge in [0.25, 0.3) is 0 Å². The number of nitrogens with two attached hydrogens (primary N) is 1. The van der Waals surface area contributed by atoms with Crippen LogP contribution >= 0.6 is 0 Å². The fraction of sp³-hybridized carbons (Fsp3) is 1.00. The summed E-state index contributed by atoms with van der Waals surface area (Å²) in [7, 11) is 0. The van der Waals surface area contributed by atoms with Crippen LogP contribution in [0.15, 0.2) is 0 Å². The molecule has 0 aliphatic heterocycles. The first kappa shape index (κ1) is 18.3. The van der Waals surface area contributed by atoms with Crippen molar-refractivity contribution in [1.29, 1.82) is 0 Å². The Bertz CT molecular complexity index is 123. The summed E-state index contributed by atoms with van der Waals surface area (Å²) in [6, 6.07) is 0. The van der Waals surface area contributed by atoms with E-state index in [0.717, 1.165) is 24.3 Å². The minimum absolute atomic E-state index is 0.834. The maximum atomic E-state index is 5.77. The molecule has 0 saturated heterocycles. The Hall–Kier alpha value is -0.0400. The van der Waals surface area contributed by atoms with Gasteiger partial charge in [-0.1, -0.05) is 60.8 Å². The average molecular weight is 229 g/mol. The van der Waals surface area contributed by atoms with Crippen molar-refractivity contribution in [3.8, 4) is 0 Å². The smallest absolute Gasteiger partial charge is 0.00462 e. The molecule has 0 spiro atoms. The van der Waals surface area contributed by atoms with E-state index in [1.165, 1.54) is 32.1 Å². The molecule has 0 bridgehead atoms. The molecule has 1 heteroatoms. The van der Waals surface area contributed by atoms with Crippen LogP contribution in [0.5, 0.6) is 0 Å². The van der Waals surface area contributed by atoms with Gasteiger partial charge in [0.05, 0.1) is 0 Å². The minimum Gasteiger partial charge on any atom is -0.330 e. The van der Waals surface area contributed by atoms with Gasteiger partial charge in [0.2, 0.25) is 0 Å². The lowest BCUT2D eigenvalue weighted by Gasteiger charge is -2.34. The predicted octanol–water partition coefficient (Wildman–Crippen LogP) is 4.85. The van der Waals surface area contributed by atoms with Crippen molar-refractivity contribution in [1.82, 2.24) is 0 Å². The first-order valence-corrected chi connectivity index (χ1v) is 7.48. The maximum Gasteiger partial charge on any atom is -0.00462 e. The SMILES string of the molecule is CC.CC.CCCC1CC(C)CCC1CN. The molecule has 3 unspecified atom stereocenters. The van der Waals surface area contributed by atoms with Gasteiger partial charge in [0.15, 0.2) is 0 Å². The summed E-state index contributed by atoms with van der Waals surface area (Å²) in [4.78, 5) is 0. The third-order valence-electron chi connectivity index (χ3n) is 3.36. The van der Waals surface area contributed by atoms with E-state index in [1.54, 1.807) is 0 Å². The van der Waals surface area contributed by atoms with Gasteiger partial charge in [-0.2, -0.15) is 0 Å². The molecule has 16 heavy (non-hydrogen) atoms. The van der Waals surface area contributed by atoms with Crippen molar-refractivity contribution in [2.24, 2.45) is 23.5 Å². The van der Waals surface area contributed by atoms with Crippen LogP contribution in [0.4, 0.5) is 0 Å². The van der Waals surface area contributed by atoms with Crippen molar-refractivity contribution in [2.45, 2.75) is 73.6 Å². The molecule has 3 atom stereocenters. The summed E-state index contributed by atoms with van der Waals surface area (Å²) in [5, 5.41) is 0. The van der Waals surface area contributed by atoms with Gasteiger partial charge in [0.1, 0.15) is 0 Å². The zero-order valence-electron chi connectivity index (χ0n) is 12.6. The van der Waals surface area contributed by atoms with E-state index in [1.807, 2.05) is 27.7 Å². The summed E-state index contributed by atoms with van der Waals surface area (Å²) < 4.78 is 0. The van der Waals surface area contributed by atoms with Crippen LogP contribution in [0.1, 0.15) is 73.6 Å². The van der Waals surface area contributed by atoms with E-state index in [0.29, 0.717) is 0 Å². The topological polar surface area (TPSA) is 26.0 Å². The summed E-state index contributed by atoms with van der Waals surface area (Å²) in [6.07, 6.45) is 6.93. The average Bonchev–Trinajstić information content (AvgIpc) is 2.35. The highest BCUT2D eigenvalue weighted by molar-refractivity contribution is 4.78. The molecular weight excluding hydrogens is 194 g/mol. The van der Waals surface area contributed by atoms with E-state index in [2.05, 4.69) is 13.8 Å². The Labute approximate surface area is 104 Å². The monoisotopic (exact) mass is 229 g/mol. The van der Waals surface area contributed by atoms with Crippen LogP contribution in [0.3, 0.4) is 0 Å². The first-order valence-electron chi connectivity index (χ1n) is 7.48. The molecule has 100 valence electrons. The minimum atomic E-state index is 0.834. The molecular formula is C15H35N. The number of hydrogen-bond acceptors (Lipinski definition) is 1. The second-order valence-corrected chi connectivity index (χ2v) is 4.46. The predicted molar refractivity (Wildman–Crippen MR) is 76.7 cm³/mol. The van der Waals surface area contributed by atoms with Crippen molar-refractivity contribution < 1.29 is 0 Å². The fourth-order valence-electron chi connectivity index (χ4n) is 2.60. The van der Waals surface area contributed by atoms with Gasteiger partial charge in [-0.25, -0.2) is 0 Å². The first-order chi connectivity index (χ1) is 7.77. The van der Waals surface area contributed by atoms with Gasteiger partial charge in [0, 0.05) is 0 Å². The Morgan fingerprint density at radius 2 is 1.56 bits per heavy atom. The molecule has 1 rings (SSSR count). The molecule has 0 radical (unpaired) electrons. The highest BCUT2D eigenvalue weighted by Gasteiger charge is 2.26. The van der Waals surface area contributed by atoms with Gasteiger partial charge in [-0.15, -0.1) is 0 Å². The Morgan fingerprint density at radius 1 is 1.00 bits per heavy atom. The highest BCUT2D eigenvalue weighted by Crippen LogP contribution is 2.35. The molecule has 1 saturated carbocycles. The van der Waals surface area contributed by atoms with E-state index < -0.39 is 0 Å². The molecule has 0 aromatic heterocycles. The second-order valence-electron chi connectivity index (χ2n) is 4.46. The normalized spacial score (nSPS) is 28.3. The number of hydrogen-bond donors (Lipinski definition) is 1. The lowest BCUT2D eigenvalue weighted by atomic mass is 9.73. The Balaban J connectivity index is 0. The zero-order valence-corrected chi connectivity index (χ0v) is 12.6. The lowest BCUT2D eigenvalue weighted by Crippen LogP contribution is -2.29. The van der Waals surface area contributed by atoms with Crippen LogP contribution in [0, 0.1) is 17.8 Å². The van der Waals surface area contributed by atoms with Crippen molar-refractivity contribution >= 4 is 0 Å². The summed E-state index contributed by atoms with van der Waals surface area (Å²) in [5.41, 5.74) is 5.77. The molecule has 1 fully saturated rings. The molecule has 0 aromatic carbocycles. The molecule has 0 aromatic rings. The highest BCUT2D eigenvalue weighted by atomic mass is 14.6. The standard InChI is InChI=1S/C11H23N.2C2H6/c1-3-4-10-7-9(2)5-6-11(10)8-12;2*1-2/h9-11H,3-8,12H2,1-2H3;2*1-2H3. The molecule has 0 amide bonds. The van der Waals surface area contributed by atoms with Crippen LogP contribution in [0.2, 0.25) is 0 Å². The van der Waals surface area contributed by atoms with Gasteiger partial charge in [-0.05, 0) is 37.1 Å². The summed E-state index contributed by atoms with van der Waals surface area (Å²) in [6.45, 7) is 13.6. The number of rotatable bonds is 3. The van der Waals surface area contributed by atoms with Crippen molar-refractivity contribution in [2.75, 3.05) is 6.54 Å². The largest absolute Gasteiger partial charge is 0.330 e. The molecule has 1 aliphatic carbocycles. The second kappa shape index (κ2) is 13.0. The fourth-order valence-corrected chi connectivity index (χ4v) is 2.60. The lowest BCUT2D eigenvalue weighted by molar-refractivity contribution is 0.183. The zero-order chi connectivity index (χ0) is 13.0. The quantitative estimate of drug-likeness (QED) is 0.735. The third-order valence-corrected chi connectivity index (χ3v) is 3.36. The van der Waals surface area contributed by atoms with Gasteiger partial charge >= 0.3 is 0 Å². The van der Waals surface area contributed by atoms with E-state index >= 15 is 0 Å². The van der Waals surface area contributed by atoms with E-state index in [-0.39, 0.29) is 0 Å². The van der Waals surface area contributed by atoms with Crippen molar-refractivity contribution in [3.05, 3.63) is 0 Å². The Kier molecular flexibility index (Phi) is 14.9. The molecule has 2 N–H and O–H groups in total. The van der Waals surface area contributed by atoms with Crippen LogP contribution in [-0.2, 0) is 0 Å². The summed E-state index contributed by atoms with van der Waals surface area (Å²) >= 11 is 0. The Morgan fingerprint density at radius 3 is 2.00 bits per heavy atom. The molecule has 0 heterocycles. The third kappa shape index (κ3) is 7.27. The van der Waals surface area contributed by atoms with E-state index in [9.17, 15) is 0 Å². The van der Waals surface area contributed by atoms with Gasteiger partial charge < -0.3 is 5.73 Å². The molecule has 1 aliphatic rings. The summed E-state index contributed by atoms with van der Waals surface area (Å²) in [5.74, 6) is 2.72. The van der Waals surface area contributed by atoms with E-state index in [4.69, 9.17) is 5.73 Å². The van der Waals surface area contributed by atoms with Crippen LogP contribution in [0.25, 0.3) is 0 Å². The van der Waals surface area contributed by atoms with Crippen LogP contribution < -0.4 is 5.73 Å².